The van der Waals surface area contributed by atoms with Gasteiger partial charge in [0.05, 0.1) is 24.5 Å². The number of fused-ring (bicyclic) bond motifs is 1. The Bertz CT molecular complexity index is 696. The van der Waals surface area contributed by atoms with Gasteiger partial charge in [-0.3, -0.25) is 14.4 Å². The Morgan fingerprint density at radius 1 is 1.26 bits per heavy atom. The number of nitrogens with zero attached hydrogens (tertiary/aromatic N) is 4. The molecular formula is C19H30N6O2. The summed E-state index contributed by atoms with van der Waals surface area (Å²) in [4.78, 5) is 27.9. The highest BCUT2D eigenvalue weighted by Crippen LogP contribution is 2.26. The Morgan fingerprint density at radius 2 is 2.07 bits per heavy atom. The molecule has 1 aromatic heterocycles. The van der Waals surface area contributed by atoms with Crippen LogP contribution in [-0.2, 0) is 24.4 Å². The van der Waals surface area contributed by atoms with Gasteiger partial charge in [-0.25, -0.2) is 4.79 Å². The Hall–Kier alpha value is -2.09. The fourth-order valence-electron chi connectivity index (χ4n) is 4.50. The molecule has 0 bridgehead atoms. The van der Waals surface area contributed by atoms with Crippen molar-refractivity contribution in [1.82, 2.24) is 30.2 Å². The van der Waals surface area contributed by atoms with Crippen molar-refractivity contribution in [3.63, 3.8) is 0 Å². The van der Waals surface area contributed by atoms with E-state index in [9.17, 15) is 9.59 Å². The molecule has 2 fully saturated rings. The lowest BCUT2D eigenvalue weighted by molar-refractivity contribution is -0.122. The van der Waals surface area contributed by atoms with Gasteiger partial charge in [-0.1, -0.05) is 19.3 Å². The van der Waals surface area contributed by atoms with Crippen LogP contribution in [0.2, 0.25) is 0 Å². The van der Waals surface area contributed by atoms with Crippen molar-refractivity contribution >= 4 is 11.9 Å². The predicted octanol–water partition coefficient (Wildman–Crippen LogP) is 1.06. The van der Waals surface area contributed by atoms with Crippen molar-refractivity contribution in [3.05, 3.63) is 17.5 Å². The van der Waals surface area contributed by atoms with Crippen LogP contribution in [0.15, 0.2) is 6.07 Å². The molecule has 1 unspecified atom stereocenters. The molecule has 1 saturated heterocycles. The summed E-state index contributed by atoms with van der Waals surface area (Å²) in [6.07, 6.45) is 7.84. The maximum Gasteiger partial charge on any atom is 0.317 e. The topological polar surface area (TPSA) is 82.5 Å². The van der Waals surface area contributed by atoms with Crippen LogP contribution in [0.5, 0.6) is 0 Å². The molecule has 27 heavy (non-hydrogen) atoms. The third-order valence-electron chi connectivity index (χ3n) is 6.05. The van der Waals surface area contributed by atoms with E-state index in [1.807, 2.05) is 0 Å². The Balaban J connectivity index is 1.34. The van der Waals surface area contributed by atoms with Crippen molar-refractivity contribution in [2.45, 2.75) is 70.2 Å². The van der Waals surface area contributed by atoms with Gasteiger partial charge in [-0.2, -0.15) is 5.10 Å². The highest BCUT2D eigenvalue weighted by atomic mass is 16.2. The molecule has 8 heteroatoms. The fraction of sp³-hybridized carbons (Fsp3) is 0.737. The van der Waals surface area contributed by atoms with Crippen LogP contribution in [0.1, 0.15) is 49.9 Å². The van der Waals surface area contributed by atoms with Crippen LogP contribution in [0, 0.1) is 0 Å². The number of carbonyl (C=O) groups is 2. The van der Waals surface area contributed by atoms with Gasteiger partial charge >= 0.3 is 6.03 Å². The first-order chi connectivity index (χ1) is 13.1. The molecule has 4 rings (SSSR count). The van der Waals surface area contributed by atoms with Gasteiger partial charge in [0.15, 0.2) is 0 Å². The Morgan fingerprint density at radius 3 is 2.81 bits per heavy atom. The quantitative estimate of drug-likeness (QED) is 0.826. The molecule has 3 amide bonds. The Labute approximate surface area is 160 Å². The van der Waals surface area contributed by atoms with Crippen molar-refractivity contribution in [1.29, 1.82) is 0 Å². The van der Waals surface area contributed by atoms with E-state index in [2.05, 4.69) is 26.3 Å². The number of hydrogen-bond acceptors (Lipinski definition) is 4. The summed E-state index contributed by atoms with van der Waals surface area (Å²) in [5.41, 5.74) is 2.14. The molecule has 2 N–H and O–H groups in total. The third kappa shape index (κ3) is 4.10. The number of amides is 3. The second-order valence-corrected chi connectivity index (χ2v) is 8.07. The van der Waals surface area contributed by atoms with E-state index in [-0.39, 0.29) is 11.9 Å². The molecule has 0 radical (unpaired) electrons. The molecule has 1 saturated carbocycles. The van der Waals surface area contributed by atoms with Gasteiger partial charge < -0.3 is 15.5 Å². The van der Waals surface area contributed by atoms with Gasteiger partial charge in [0, 0.05) is 32.7 Å². The molecule has 2 aliphatic heterocycles. The van der Waals surface area contributed by atoms with Crippen LogP contribution in [-0.4, -0.2) is 63.7 Å². The SMILES string of the molecule is CN1CC(C(=O)NCc2cc3n(n2)CCCN(C2CCCCC2)C3)NC1=O. The van der Waals surface area contributed by atoms with Crippen molar-refractivity contribution in [3.8, 4) is 0 Å². The van der Waals surface area contributed by atoms with Gasteiger partial charge in [0.2, 0.25) is 5.91 Å². The highest BCUT2D eigenvalue weighted by molar-refractivity contribution is 5.90. The number of nitrogens with one attached hydrogen (secondary N) is 2. The molecule has 1 aliphatic carbocycles. The minimum absolute atomic E-state index is 0.153. The van der Waals surface area contributed by atoms with E-state index < -0.39 is 6.04 Å². The first-order valence-electron chi connectivity index (χ1n) is 10.2. The van der Waals surface area contributed by atoms with Gasteiger partial charge in [-0.15, -0.1) is 0 Å². The third-order valence-corrected chi connectivity index (χ3v) is 6.05. The first kappa shape index (κ1) is 18.3. The van der Waals surface area contributed by atoms with Gasteiger partial charge in [0.25, 0.3) is 0 Å². The molecule has 3 aliphatic rings. The molecule has 0 spiro atoms. The average Bonchev–Trinajstić information content (AvgIpc) is 3.16. The monoisotopic (exact) mass is 374 g/mol. The van der Waals surface area contributed by atoms with E-state index in [1.165, 1.54) is 42.7 Å². The number of urea groups is 1. The first-order valence-corrected chi connectivity index (χ1v) is 10.2. The van der Waals surface area contributed by atoms with E-state index >= 15 is 0 Å². The van der Waals surface area contributed by atoms with E-state index in [0.29, 0.717) is 19.1 Å². The molecule has 3 heterocycles. The second kappa shape index (κ2) is 7.88. The Kier molecular flexibility index (Phi) is 5.33. The maximum atomic E-state index is 12.3. The van der Waals surface area contributed by atoms with Crippen LogP contribution in [0.3, 0.4) is 0 Å². The summed E-state index contributed by atoms with van der Waals surface area (Å²) in [5.74, 6) is -0.153. The van der Waals surface area contributed by atoms with Gasteiger partial charge in [-0.05, 0) is 25.3 Å². The van der Waals surface area contributed by atoms with Crippen molar-refractivity contribution < 1.29 is 9.59 Å². The van der Waals surface area contributed by atoms with Crippen molar-refractivity contribution in [2.75, 3.05) is 20.1 Å². The molecule has 8 nitrogen and oxygen atoms in total. The van der Waals surface area contributed by atoms with Crippen LogP contribution >= 0.6 is 0 Å². The number of likely N-dealkylation sites (N-methyl/N-ethyl adjacent to an activating group) is 1. The molecule has 0 aromatic carbocycles. The second-order valence-electron chi connectivity index (χ2n) is 8.07. The summed E-state index contributed by atoms with van der Waals surface area (Å²) >= 11 is 0. The van der Waals surface area contributed by atoms with Crippen LogP contribution < -0.4 is 10.6 Å². The number of carbonyl (C=O) groups excluding carboxylic acids is 2. The molecule has 1 aromatic rings. The fourth-order valence-corrected chi connectivity index (χ4v) is 4.50. The zero-order chi connectivity index (χ0) is 18.8. The lowest BCUT2D eigenvalue weighted by Gasteiger charge is -2.33. The smallest absolute Gasteiger partial charge is 0.317 e. The highest BCUT2D eigenvalue weighted by Gasteiger charge is 2.31. The summed E-state index contributed by atoms with van der Waals surface area (Å²) in [7, 11) is 1.69. The van der Waals surface area contributed by atoms with Gasteiger partial charge in [0.1, 0.15) is 6.04 Å². The summed E-state index contributed by atoms with van der Waals surface area (Å²) in [6, 6.07) is 2.16. The maximum absolute atomic E-state index is 12.3. The zero-order valence-electron chi connectivity index (χ0n) is 16.1. The average molecular weight is 374 g/mol. The minimum Gasteiger partial charge on any atom is -0.349 e. The van der Waals surface area contributed by atoms with E-state index in [0.717, 1.165) is 31.7 Å². The lowest BCUT2D eigenvalue weighted by Crippen LogP contribution is -2.42. The molecule has 1 atom stereocenters. The summed E-state index contributed by atoms with van der Waals surface area (Å²) < 4.78 is 2.11. The lowest BCUT2D eigenvalue weighted by atomic mass is 9.94. The van der Waals surface area contributed by atoms with Crippen molar-refractivity contribution in [2.24, 2.45) is 0 Å². The number of aromatic nitrogens is 2. The van der Waals surface area contributed by atoms with Crippen LogP contribution in [0.4, 0.5) is 4.79 Å². The van der Waals surface area contributed by atoms with E-state index in [1.54, 1.807) is 7.05 Å². The normalized spacial score (nSPS) is 24.4. The number of rotatable bonds is 4. The largest absolute Gasteiger partial charge is 0.349 e. The molecular weight excluding hydrogens is 344 g/mol. The minimum atomic E-state index is -0.482. The predicted molar refractivity (Wildman–Crippen MR) is 101 cm³/mol. The summed E-state index contributed by atoms with van der Waals surface area (Å²) in [6.45, 7) is 3.85. The summed E-state index contributed by atoms with van der Waals surface area (Å²) in [5, 5.41) is 10.3. The molecule has 148 valence electrons. The van der Waals surface area contributed by atoms with E-state index in [4.69, 9.17) is 5.10 Å². The standard InChI is InChI=1S/C19H30N6O2/c1-23-13-17(21-19(23)27)18(26)20-11-14-10-16-12-24(8-5-9-25(16)22-14)15-6-3-2-4-7-15/h10,15,17H,2-9,11-13H2,1H3,(H,20,26)(H,21,27). The zero-order valence-corrected chi connectivity index (χ0v) is 16.1. The number of aryl methyl sites for hydroxylation is 1. The number of hydrogen-bond donors (Lipinski definition) is 2. The van der Waals surface area contributed by atoms with Crippen LogP contribution in [0.25, 0.3) is 0 Å².